The number of hydrogen-bond acceptors (Lipinski definition) is 3. The zero-order chi connectivity index (χ0) is 13.7. The molecule has 1 aliphatic rings. The molecule has 0 spiro atoms. The van der Waals surface area contributed by atoms with Crippen LogP contribution in [0.2, 0.25) is 0 Å². The molecule has 19 heavy (non-hydrogen) atoms. The van der Waals surface area contributed by atoms with Crippen molar-refractivity contribution in [2.24, 2.45) is 0 Å². The quantitative estimate of drug-likeness (QED) is 0.639. The van der Waals surface area contributed by atoms with Gasteiger partial charge in [0.2, 0.25) is 0 Å². The first kappa shape index (κ1) is 13.1. The molecule has 0 atom stereocenters. The maximum absolute atomic E-state index is 11.9. The first-order valence-corrected chi connectivity index (χ1v) is 6.17. The smallest absolute Gasteiger partial charge is 0.262 e. The summed E-state index contributed by atoms with van der Waals surface area (Å²) >= 11 is 0. The topological polar surface area (TPSA) is 67.4 Å². The monoisotopic (exact) mass is 260 g/mol. The maximum Gasteiger partial charge on any atom is 0.262 e. The Hall–Kier alpha value is -2.30. The van der Waals surface area contributed by atoms with Crippen LogP contribution in [0, 0.1) is 0 Å². The van der Waals surface area contributed by atoms with Crippen molar-refractivity contribution < 1.29 is 14.3 Å². The number of nitrogens with one attached hydrogen (secondary N) is 2. The molecule has 0 saturated carbocycles. The van der Waals surface area contributed by atoms with Crippen LogP contribution in [0.1, 0.15) is 23.7 Å². The number of rotatable bonds is 4. The number of allylic oxidation sites excluding steroid dienone is 1. The van der Waals surface area contributed by atoms with E-state index in [4.69, 9.17) is 4.74 Å². The van der Waals surface area contributed by atoms with E-state index in [1.165, 1.54) is 0 Å². The van der Waals surface area contributed by atoms with Crippen LogP contribution in [0.15, 0.2) is 30.4 Å². The minimum atomic E-state index is -0.184. The summed E-state index contributed by atoms with van der Waals surface area (Å²) in [5.74, 6) is 0.199. The van der Waals surface area contributed by atoms with Gasteiger partial charge in [0.1, 0.15) is 5.75 Å². The molecule has 0 fully saturated rings. The van der Waals surface area contributed by atoms with Crippen LogP contribution in [0.4, 0.5) is 5.69 Å². The van der Waals surface area contributed by atoms with Gasteiger partial charge in [-0.25, -0.2) is 0 Å². The highest BCUT2D eigenvalue weighted by atomic mass is 16.5. The molecule has 0 radical (unpaired) electrons. The average molecular weight is 260 g/mol. The van der Waals surface area contributed by atoms with Gasteiger partial charge in [0.15, 0.2) is 6.61 Å². The van der Waals surface area contributed by atoms with E-state index in [2.05, 4.69) is 10.6 Å². The Labute approximate surface area is 111 Å². The summed E-state index contributed by atoms with van der Waals surface area (Å²) in [6.45, 7) is 2.52. The lowest BCUT2D eigenvalue weighted by Crippen LogP contribution is -2.27. The summed E-state index contributed by atoms with van der Waals surface area (Å²) in [6.07, 6.45) is 4.74. The first-order valence-electron chi connectivity index (χ1n) is 6.17. The van der Waals surface area contributed by atoms with Crippen LogP contribution in [0.5, 0.6) is 5.75 Å². The molecule has 2 N–H and O–H groups in total. The van der Waals surface area contributed by atoms with Gasteiger partial charge in [0.05, 0.1) is 5.69 Å². The SMILES string of the molecule is C/C=C/CCNC(=O)c1ccc2c(c1)OCC(=O)N2. The average Bonchev–Trinajstić information content (AvgIpc) is 2.42. The fraction of sp³-hybridized carbons (Fsp3) is 0.286. The van der Waals surface area contributed by atoms with Gasteiger partial charge in [0, 0.05) is 12.1 Å². The Balaban J connectivity index is 2.01. The van der Waals surface area contributed by atoms with E-state index in [1.807, 2.05) is 19.1 Å². The molecule has 2 rings (SSSR count). The Morgan fingerprint density at radius 2 is 2.37 bits per heavy atom. The van der Waals surface area contributed by atoms with Gasteiger partial charge in [0.25, 0.3) is 11.8 Å². The van der Waals surface area contributed by atoms with E-state index >= 15 is 0 Å². The van der Waals surface area contributed by atoms with Crippen molar-refractivity contribution in [3.63, 3.8) is 0 Å². The highest BCUT2D eigenvalue weighted by molar-refractivity contribution is 5.98. The van der Waals surface area contributed by atoms with Crippen LogP contribution in [0.3, 0.4) is 0 Å². The summed E-state index contributed by atoms with van der Waals surface area (Å²) in [6, 6.07) is 4.98. The lowest BCUT2D eigenvalue weighted by Gasteiger charge is -2.18. The first-order chi connectivity index (χ1) is 9.20. The molecule has 1 heterocycles. The zero-order valence-corrected chi connectivity index (χ0v) is 10.7. The Kier molecular flexibility index (Phi) is 4.18. The Morgan fingerprint density at radius 1 is 1.53 bits per heavy atom. The van der Waals surface area contributed by atoms with E-state index in [0.717, 1.165) is 6.42 Å². The van der Waals surface area contributed by atoms with Gasteiger partial charge in [-0.3, -0.25) is 9.59 Å². The van der Waals surface area contributed by atoms with E-state index in [1.54, 1.807) is 18.2 Å². The van der Waals surface area contributed by atoms with Crippen molar-refractivity contribution in [3.05, 3.63) is 35.9 Å². The number of carbonyl (C=O) groups excluding carboxylic acids is 2. The van der Waals surface area contributed by atoms with Gasteiger partial charge in [-0.05, 0) is 31.5 Å². The van der Waals surface area contributed by atoms with Gasteiger partial charge >= 0.3 is 0 Å². The highest BCUT2D eigenvalue weighted by Crippen LogP contribution is 2.28. The molecule has 0 saturated heterocycles. The van der Waals surface area contributed by atoms with E-state index in [9.17, 15) is 9.59 Å². The minimum Gasteiger partial charge on any atom is -0.482 e. The number of anilines is 1. The molecule has 0 aromatic heterocycles. The molecule has 100 valence electrons. The molecule has 1 aromatic carbocycles. The third-order valence-electron chi connectivity index (χ3n) is 2.71. The number of ether oxygens (including phenoxy) is 1. The number of fused-ring (bicyclic) bond motifs is 1. The van der Waals surface area contributed by atoms with Crippen LogP contribution < -0.4 is 15.4 Å². The second kappa shape index (κ2) is 6.04. The van der Waals surface area contributed by atoms with Crippen LogP contribution >= 0.6 is 0 Å². The standard InChI is InChI=1S/C14H16N2O3/c1-2-3-4-7-15-14(18)10-5-6-11-12(8-10)19-9-13(17)16-11/h2-3,5-6,8H,4,7,9H2,1H3,(H,15,18)(H,16,17)/b3-2+. The summed E-state index contributed by atoms with van der Waals surface area (Å²) in [7, 11) is 0. The fourth-order valence-corrected chi connectivity index (χ4v) is 1.75. The number of carbonyl (C=O) groups is 2. The number of benzene rings is 1. The molecule has 1 aliphatic heterocycles. The van der Waals surface area contributed by atoms with Gasteiger partial charge in [-0.2, -0.15) is 0 Å². The van der Waals surface area contributed by atoms with Crippen LogP contribution in [-0.4, -0.2) is 25.0 Å². The predicted octanol–water partition coefficient (Wildman–Crippen LogP) is 1.71. The Bertz CT molecular complexity index is 523. The maximum atomic E-state index is 11.9. The van der Waals surface area contributed by atoms with Crippen LogP contribution in [-0.2, 0) is 4.79 Å². The van der Waals surface area contributed by atoms with Crippen molar-refractivity contribution in [1.82, 2.24) is 5.32 Å². The number of hydrogen-bond donors (Lipinski definition) is 2. The summed E-state index contributed by atoms with van der Waals surface area (Å²) in [4.78, 5) is 23.0. The Morgan fingerprint density at radius 3 is 3.16 bits per heavy atom. The van der Waals surface area contributed by atoms with Gasteiger partial charge in [-0.1, -0.05) is 12.2 Å². The summed E-state index contributed by atoms with van der Waals surface area (Å²) in [5, 5.41) is 5.50. The van der Waals surface area contributed by atoms with Crippen molar-refractivity contribution >= 4 is 17.5 Å². The van der Waals surface area contributed by atoms with Crippen molar-refractivity contribution in [1.29, 1.82) is 0 Å². The lowest BCUT2D eigenvalue weighted by atomic mass is 10.1. The summed E-state index contributed by atoms with van der Waals surface area (Å²) < 4.78 is 5.27. The molecule has 1 aromatic rings. The van der Waals surface area contributed by atoms with Crippen LogP contribution in [0.25, 0.3) is 0 Å². The molecule has 2 amide bonds. The van der Waals surface area contributed by atoms with Crippen molar-refractivity contribution in [3.8, 4) is 5.75 Å². The molecule has 5 heteroatoms. The third kappa shape index (κ3) is 3.34. The second-order valence-electron chi connectivity index (χ2n) is 4.16. The van der Waals surface area contributed by atoms with E-state index < -0.39 is 0 Å². The molecule has 0 bridgehead atoms. The van der Waals surface area contributed by atoms with E-state index in [0.29, 0.717) is 23.5 Å². The third-order valence-corrected chi connectivity index (χ3v) is 2.71. The summed E-state index contributed by atoms with van der Waals surface area (Å²) in [5.41, 5.74) is 1.12. The molecular weight excluding hydrogens is 244 g/mol. The predicted molar refractivity (Wildman–Crippen MR) is 72.3 cm³/mol. The second-order valence-corrected chi connectivity index (χ2v) is 4.16. The molecule has 0 aliphatic carbocycles. The highest BCUT2D eigenvalue weighted by Gasteiger charge is 2.17. The molecule has 0 unspecified atom stereocenters. The fourth-order valence-electron chi connectivity index (χ4n) is 1.75. The van der Waals surface area contributed by atoms with Crippen molar-refractivity contribution in [2.45, 2.75) is 13.3 Å². The van der Waals surface area contributed by atoms with Crippen molar-refractivity contribution in [2.75, 3.05) is 18.5 Å². The van der Waals surface area contributed by atoms with Gasteiger partial charge in [-0.15, -0.1) is 0 Å². The van der Waals surface area contributed by atoms with E-state index in [-0.39, 0.29) is 18.4 Å². The molecular formula is C14H16N2O3. The number of amides is 2. The largest absolute Gasteiger partial charge is 0.482 e. The normalized spacial score (nSPS) is 13.6. The minimum absolute atomic E-state index is 0.0145. The molecule has 5 nitrogen and oxygen atoms in total. The van der Waals surface area contributed by atoms with Gasteiger partial charge < -0.3 is 15.4 Å². The zero-order valence-electron chi connectivity index (χ0n) is 10.7. The lowest BCUT2D eigenvalue weighted by molar-refractivity contribution is -0.118.